The van der Waals surface area contributed by atoms with Gasteiger partial charge in [0.2, 0.25) is 0 Å². The highest BCUT2D eigenvalue weighted by atomic mass is 28.4. The summed E-state index contributed by atoms with van der Waals surface area (Å²) >= 11 is 0. The van der Waals surface area contributed by atoms with Crippen molar-refractivity contribution in [1.82, 2.24) is 4.90 Å². The fraction of sp³-hybridized carbons (Fsp3) is 1.00. The first-order chi connectivity index (χ1) is 7.64. The fourth-order valence-corrected chi connectivity index (χ4v) is 6.16. The molecule has 0 aromatic heterocycles. The van der Waals surface area contributed by atoms with Gasteiger partial charge in [0.05, 0.1) is 8.80 Å². The molecule has 0 saturated heterocycles. The molecule has 0 amide bonds. The zero-order chi connectivity index (χ0) is 13.7. The molecule has 0 aromatic rings. The van der Waals surface area contributed by atoms with E-state index in [0.29, 0.717) is 0 Å². The lowest BCUT2D eigenvalue weighted by atomic mass is 10.1. The molecule has 3 nitrogen and oxygen atoms in total. The first kappa shape index (κ1) is 17.3. The Morgan fingerprint density at radius 1 is 1.24 bits per heavy atom. The minimum absolute atomic E-state index is 0.181. The standard InChI is InChI=1S/C12H31NO2Si2/c1-9-13(12(2,3)4)10-17(8,14-5)15-11-16(6)7/h16H,9-11H2,1-8H3. The first-order valence-electron chi connectivity index (χ1n) is 6.58. The molecule has 0 spiro atoms. The van der Waals surface area contributed by atoms with Gasteiger partial charge in [-0.1, -0.05) is 20.0 Å². The summed E-state index contributed by atoms with van der Waals surface area (Å²) in [5.74, 6) is 0. The van der Waals surface area contributed by atoms with Gasteiger partial charge in [0.1, 0.15) is 0 Å². The number of hydrogen-bond donors (Lipinski definition) is 0. The molecule has 0 fully saturated rings. The Kier molecular flexibility index (Phi) is 7.17. The Hall–Kier alpha value is 0.314. The molecule has 1 unspecified atom stereocenters. The Labute approximate surface area is 110 Å². The Bertz CT molecular complexity index is 219. The van der Waals surface area contributed by atoms with E-state index in [2.05, 4.69) is 52.2 Å². The number of nitrogens with zero attached hydrogens (tertiary/aromatic N) is 1. The van der Waals surface area contributed by atoms with E-state index in [4.69, 9.17) is 8.85 Å². The van der Waals surface area contributed by atoms with Crippen molar-refractivity contribution in [1.29, 1.82) is 0 Å². The quantitative estimate of drug-likeness (QED) is 0.667. The zero-order valence-corrected chi connectivity index (χ0v) is 15.1. The van der Waals surface area contributed by atoms with Crippen LogP contribution in [0.3, 0.4) is 0 Å². The monoisotopic (exact) mass is 277 g/mol. The van der Waals surface area contributed by atoms with E-state index in [1.54, 1.807) is 7.11 Å². The Morgan fingerprint density at radius 2 is 1.76 bits per heavy atom. The molecule has 0 aliphatic carbocycles. The Balaban J connectivity index is 4.54. The summed E-state index contributed by atoms with van der Waals surface area (Å²) in [6, 6.07) is 0. The van der Waals surface area contributed by atoms with Crippen molar-refractivity contribution in [2.45, 2.75) is 52.9 Å². The van der Waals surface area contributed by atoms with Crippen molar-refractivity contribution in [3.8, 4) is 0 Å². The highest BCUT2D eigenvalue weighted by Crippen LogP contribution is 2.17. The number of hydrogen-bond acceptors (Lipinski definition) is 3. The average molecular weight is 278 g/mol. The summed E-state index contributed by atoms with van der Waals surface area (Å²) in [5, 5.41) is 0. The van der Waals surface area contributed by atoms with Crippen LogP contribution < -0.4 is 0 Å². The molecule has 0 aromatic carbocycles. The van der Waals surface area contributed by atoms with Crippen molar-refractivity contribution in [3.05, 3.63) is 0 Å². The van der Waals surface area contributed by atoms with Crippen molar-refractivity contribution in [2.24, 2.45) is 0 Å². The summed E-state index contributed by atoms with van der Waals surface area (Å²) in [4.78, 5) is 2.45. The fourth-order valence-electron chi connectivity index (χ4n) is 1.68. The van der Waals surface area contributed by atoms with E-state index in [1.807, 2.05) is 0 Å². The summed E-state index contributed by atoms with van der Waals surface area (Å²) in [5.41, 5.74) is 0.181. The maximum atomic E-state index is 6.10. The van der Waals surface area contributed by atoms with Crippen LogP contribution >= 0.6 is 0 Å². The van der Waals surface area contributed by atoms with Gasteiger partial charge >= 0.3 is 8.56 Å². The van der Waals surface area contributed by atoms with Crippen LogP contribution in [0.15, 0.2) is 0 Å². The molecule has 17 heavy (non-hydrogen) atoms. The van der Waals surface area contributed by atoms with Gasteiger partial charge in [-0.15, -0.1) is 0 Å². The molecular formula is C12H31NO2Si2. The topological polar surface area (TPSA) is 21.7 Å². The van der Waals surface area contributed by atoms with Crippen molar-refractivity contribution in [2.75, 3.05) is 26.1 Å². The van der Waals surface area contributed by atoms with Crippen LogP contribution in [-0.4, -0.2) is 53.8 Å². The van der Waals surface area contributed by atoms with E-state index in [9.17, 15) is 0 Å². The van der Waals surface area contributed by atoms with Crippen molar-refractivity contribution < 1.29 is 8.85 Å². The third kappa shape index (κ3) is 6.71. The van der Waals surface area contributed by atoms with Crippen LogP contribution in [0.25, 0.3) is 0 Å². The van der Waals surface area contributed by atoms with Crippen LogP contribution in [0.1, 0.15) is 27.7 Å². The van der Waals surface area contributed by atoms with Crippen LogP contribution in [0.5, 0.6) is 0 Å². The molecular weight excluding hydrogens is 246 g/mol. The maximum Gasteiger partial charge on any atom is 0.348 e. The lowest BCUT2D eigenvalue weighted by Crippen LogP contribution is -2.55. The lowest BCUT2D eigenvalue weighted by molar-refractivity contribution is 0.134. The molecule has 0 saturated carbocycles. The zero-order valence-electron chi connectivity index (χ0n) is 13.0. The van der Waals surface area contributed by atoms with Crippen LogP contribution in [0.4, 0.5) is 0 Å². The average Bonchev–Trinajstić information content (AvgIpc) is 2.21. The molecule has 0 heterocycles. The molecule has 0 bridgehead atoms. The minimum atomic E-state index is -2.02. The Morgan fingerprint density at radius 3 is 2.06 bits per heavy atom. The van der Waals surface area contributed by atoms with Gasteiger partial charge in [0.15, 0.2) is 0 Å². The largest absolute Gasteiger partial charge is 0.397 e. The predicted octanol–water partition coefficient (Wildman–Crippen LogP) is 2.41. The molecule has 0 radical (unpaired) electrons. The third-order valence-electron chi connectivity index (χ3n) is 2.96. The van der Waals surface area contributed by atoms with Crippen LogP contribution in [0, 0.1) is 0 Å². The van der Waals surface area contributed by atoms with Gasteiger partial charge in [0, 0.05) is 25.0 Å². The number of rotatable bonds is 7. The van der Waals surface area contributed by atoms with E-state index in [0.717, 1.165) is 18.9 Å². The van der Waals surface area contributed by atoms with Crippen molar-refractivity contribution >= 4 is 17.4 Å². The third-order valence-corrected chi connectivity index (χ3v) is 6.73. The maximum absolute atomic E-state index is 6.10. The molecule has 0 rings (SSSR count). The highest BCUT2D eigenvalue weighted by molar-refractivity contribution is 6.67. The van der Waals surface area contributed by atoms with Gasteiger partial charge < -0.3 is 8.85 Å². The predicted molar refractivity (Wildman–Crippen MR) is 80.5 cm³/mol. The van der Waals surface area contributed by atoms with Crippen LogP contribution in [-0.2, 0) is 8.85 Å². The second-order valence-corrected chi connectivity index (χ2v) is 12.6. The van der Waals surface area contributed by atoms with Gasteiger partial charge in [-0.3, -0.25) is 4.90 Å². The highest BCUT2D eigenvalue weighted by Gasteiger charge is 2.36. The molecule has 0 aliphatic heterocycles. The van der Waals surface area contributed by atoms with Gasteiger partial charge in [-0.2, -0.15) is 0 Å². The molecule has 5 heteroatoms. The summed E-state index contributed by atoms with van der Waals surface area (Å²) in [7, 11) is -0.890. The smallest absolute Gasteiger partial charge is 0.348 e. The summed E-state index contributed by atoms with van der Waals surface area (Å²) in [6.07, 6.45) is 1.88. The van der Waals surface area contributed by atoms with Crippen molar-refractivity contribution in [3.63, 3.8) is 0 Å². The van der Waals surface area contributed by atoms with E-state index in [1.165, 1.54) is 0 Å². The van der Waals surface area contributed by atoms with E-state index < -0.39 is 17.4 Å². The molecule has 1 atom stereocenters. The van der Waals surface area contributed by atoms with Gasteiger partial charge in [-0.25, -0.2) is 0 Å². The molecule has 0 N–H and O–H groups in total. The minimum Gasteiger partial charge on any atom is -0.397 e. The summed E-state index contributed by atoms with van der Waals surface area (Å²) in [6.45, 7) is 16.8. The normalized spacial score (nSPS) is 16.6. The lowest BCUT2D eigenvalue weighted by Gasteiger charge is -2.39. The molecule has 0 aliphatic rings. The van der Waals surface area contributed by atoms with Gasteiger partial charge in [0.25, 0.3) is 0 Å². The second-order valence-electron chi connectivity index (χ2n) is 6.23. The molecule has 104 valence electrons. The second kappa shape index (κ2) is 7.04. The van der Waals surface area contributed by atoms with E-state index in [-0.39, 0.29) is 5.54 Å². The summed E-state index contributed by atoms with van der Waals surface area (Å²) < 4.78 is 11.8. The first-order valence-corrected chi connectivity index (χ1v) is 12.2. The van der Waals surface area contributed by atoms with Crippen LogP contribution in [0.2, 0.25) is 19.6 Å². The SMILES string of the molecule is CCN(C[Si](C)(OC)OC[SiH](C)C)C(C)(C)C. The van der Waals surface area contributed by atoms with E-state index >= 15 is 0 Å². The van der Waals surface area contributed by atoms with Gasteiger partial charge in [-0.05, 0) is 33.9 Å².